The van der Waals surface area contributed by atoms with Crippen LogP contribution >= 0.6 is 0 Å². The first-order valence-corrected chi connectivity index (χ1v) is 16.3. The van der Waals surface area contributed by atoms with Crippen molar-refractivity contribution >= 4 is 27.4 Å². The molecule has 0 fully saturated rings. The standard InChI is InChI=1S/C45H32N4/c1-3-18-31(4-2)43-46-44(34-23-12-7-13-24-34)48-45(47-43)35-29-38(32-19-8-5-9-20-32)42(39(30-35)33-21-10-6-11-22-33)49-40-27-16-14-25-36(40)37-26-15-17-28-41(37)49/h3-30H,1-2H2/b31-18+. The third-order valence-electron chi connectivity index (χ3n) is 8.78. The fourth-order valence-corrected chi connectivity index (χ4v) is 6.55. The molecular formula is C45H32N4. The van der Waals surface area contributed by atoms with Crippen molar-refractivity contribution in [2.24, 2.45) is 0 Å². The summed E-state index contributed by atoms with van der Waals surface area (Å²) in [6, 6.07) is 52.9. The molecule has 2 heterocycles. The summed E-state index contributed by atoms with van der Waals surface area (Å²) in [5.41, 5.74) is 10.2. The molecule has 0 amide bonds. The molecule has 6 aromatic carbocycles. The molecule has 0 unspecified atom stereocenters. The molecule has 232 valence electrons. The molecule has 0 aliphatic rings. The number of aromatic nitrogens is 4. The van der Waals surface area contributed by atoms with Crippen molar-refractivity contribution in [1.82, 2.24) is 19.5 Å². The highest BCUT2D eigenvalue weighted by Gasteiger charge is 2.22. The van der Waals surface area contributed by atoms with E-state index in [-0.39, 0.29) is 0 Å². The van der Waals surface area contributed by atoms with Crippen molar-refractivity contribution in [1.29, 1.82) is 0 Å². The predicted molar refractivity (Wildman–Crippen MR) is 204 cm³/mol. The van der Waals surface area contributed by atoms with Gasteiger partial charge >= 0.3 is 0 Å². The van der Waals surface area contributed by atoms with Gasteiger partial charge in [0.15, 0.2) is 17.5 Å². The minimum Gasteiger partial charge on any atom is -0.308 e. The second-order valence-electron chi connectivity index (χ2n) is 11.8. The first kappa shape index (κ1) is 29.7. The van der Waals surface area contributed by atoms with E-state index in [1.165, 1.54) is 10.8 Å². The number of para-hydroxylation sites is 2. The molecule has 0 bridgehead atoms. The first-order chi connectivity index (χ1) is 24.2. The molecule has 0 saturated carbocycles. The second kappa shape index (κ2) is 12.9. The Hall–Kier alpha value is -6.65. The van der Waals surface area contributed by atoms with Crippen molar-refractivity contribution < 1.29 is 0 Å². The average Bonchev–Trinajstić information content (AvgIpc) is 3.51. The van der Waals surface area contributed by atoms with Crippen LogP contribution in [-0.2, 0) is 0 Å². The maximum absolute atomic E-state index is 5.10. The number of rotatable bonds is 8. The van der Waals surface area contributed by atoms with Gasteiger partial charge in [0.05, 0.1) is 16.7 Å². The number of allylic oxidation sites excluding steroid dienone is 4. The van der Waals surface area contributed by atoms with E-state index in [4.69, 9.17) is 15.0 Å². The van der Waals surface area contributed by atoms with Crippen molar-refractivity contribution in [2.45, 2.75) is 0 Å². The van der Waals surface area contributed by atoms with Gasteiger partial charge in [-0.25, -0.2) is 15.0 Å². The van der Waals surface area contributed by atoms with Crippen LogP contribution < -0.4 is 0 Å². The zero-order valence-electron chi connectivity index (χ0n) is 26.9. The normalized spacial score (nSPS) is 11.6. The van der Waals surface area contributed by atoms with Crippen LogP contribution in [0, 0.1) is 0 Å². The van der Waals surface area contributed by atoms with Crippen LogP contribution in [0.5, 0.6) is 0 Å². The van der Waals surface area contributed by atoms with Crippen LogP contribution in [0.15, 0.2) is 183 Å². The van der Waals surface area contributed by atoms with Crippen LogP contribution in [0.2, 0.25) is 0 Å². The monoisotopic (exact) mass is 628 g/mol. The summed E-state index contributed by atoms with van der Waals surface area (Å²) < 4.78 is 2.41. The zero-order chi connectivity index (χ0) is 33.2. The highest BCUT2D eigenvalue weighted by Crippen LogP contribution is 2.43. The number of fused-ring (bicyclic) bond motifs is 3. The summed E-state index contributed by atoms with van der Waals surface area (Å²) in [7, 11) is 0. The molecule has 0 radical (unpaired) electrons. The van der Waals surface area contributed by atoms with E-state index in [2.05, 4.69) is 139 Å². The lowest BCUT2D eigenvalue weighted by Gasteiger charge is -2.21. The Morgan fingerprint density at radius 3 is 1.43 bits per heavy atom. The molecule has 4 nitrogen and oxygen atoms in total. The SMILES string of the molecule is C=C/C=C(\C=C)c1nc(-c2ccccc2)nc(-c2cc(-c3ccccc3)c(-n3c4ccccc4c4ccccc43)c(-c3ccccc3)c2)n1. The zero-order valence-corrected chi connectivity index (χ0v) is 26.9. The maximum atomic E-state index is 5.10. The topological polar surface area (TPSA) is 43.6 Å². The summed E-state index contributed by atoms with van der Waals surface area (Å²) in [5.74, 6) is 1.70. The Labute approximate surface area is 285 Å². The third kappa shape index (κ3) is 5.45. The van der Waals surface area contributed by atoms with E-state index in [1.54, 1.807) is 12.2 Å². The Kier molecular flexibility index (Phi) is 7.80. The van der Waals surface area contributed by atoms with E-state index < -0.39 is 0 Å². The van der Waals surface area contributed by atoms with Crippen molar-refractivity contribution in [3.63, 3.8) is 0 Å². The fourth-order valence-electron chi connectivity index (χ4n) is 6.55. The molecule has 0 saturated heterocycles. The molecule has 49 heavy (non-hydrogen) atoms. The smallest absolute Gasteiger partial charge is 0.164 e. The van der Waals surface area contributed by atoms with Crippen LogP contribution in [0.1, 0.15) is 5.82 Å². The molecule has 0 atom stereocenters. The molecule has 4 heteroatoms. The van der Waals surface area contributed by atoms with Gasteiger partial charge in [0.25, 0.3) is 0 Å². The highest BCUT2D eigenvalue weighted by molar-refractivity contribution is 6.10. The van der Waals surface area contributed by atoms with E-state index in [1.807, 2.05) is 36.4 Å². The highest BCUT2D eigenvalue weighted by atomic mass is 15.0. The van der Waals surface area contributed by atoms with E-state index in [0.29, 0.717) is 17.5 Å². The van der Waals surface area contributed by atoms with Gasteiger partial charge in [-0.05, 0) is 35.4 Å². The fraction of sp³-hybridized carbons (Fsp3) is 0. The third-order valence-corrected chi connectivity index (χ3v) is 8.78. The second-order valence-corrected chi connectivity index (χ2v) is 11.8. The molecule has 2 aromatic heterocycles. The summed E-state index contributed by atoms with van der Waals surface area (Å²) in [5, 5.41) is 2.42. The van der Waals surface area contributed by atoms with Gasteiger partial charge in [0.1, 0.15) is 0 Å². The Bertz CT molecular complexity index is 2400. The molecule has 8 aromatic rings. The van der Waals surface area contributed by atoms with E-state index in [9.17, 15) is 0 Å². The van der Waals surface area contributed by atoms with Gasteiger partial charge < -0.3 is 4.57 Å². The molecule has 0 spiro atoms. The van der Waals surface area contributed by atoms with Crippen LogP contribution in [0.4, 0.5) is 0 Å². The molecule has 0 N–H and O–H groups in total. The van der Waals surface area contributed by atoms with Crippen LogP contribution in [-0.4, -0.2) is 19.5 Å². The largest absolute Gasteiger partial charge is 0.308 e. The quantitative estimate of drug-likeness (QED) is 0.157. The minimum atomic E-state index is 0.535. The molecular weight excluding hydrogens is 597 g/mol. The Balaban J connectivity index is 1.50. The Morgan fingerprint density at radius 2 is 0.939 bits per heavy atom. The molecule has 0 aliphatic heterocycles. The lowest BCUT2D eigenvalue weighted by atomic mass is 9.92. The van der Waals surface area contributed by atoms with E-state index >= 15 is 0 Å². The maximum Gasteiger partial charge on any atom is 0.164 e. The van der Waals surface area contributed by atoms with Gasteiger partial charge in [0, 0.05) is 38.6 Å². The van der Waals surface area contributed by atoms with Gasteiger partial charge in [-0.15, -0.1) is 0 Å². The van der Waals surface area contributed by atoms with Gasteiger partial charge in [-0.2, -0.15) is 0 Å². The van der Waals surface area contributed by atoms with Gasteiger partial charge in [-0.3, -0.25) is 0 Å². The van der Waals surface area contributed by atoms with Crippen LogP contribution in [0.25, 0.3) is 78.1 Å². The summed E-state index contributed by atoms with van der Waals surface area (Å²) >= 11 is 0. The molecule has 0 aliphatic carbocycles. The average molecular weight is 629 g/mol. The summed E-state index contributed by atoms with van der Waals surface area (Å²) in [4.78, 5) is 15.1. The van der Waals surface area contributed by atoms with E-state index in [0.717, 1.165) is 55.7 Å². The summed E-state index contributed by atoms with van der Waals surface area (Å²) in [6.45, 7) is 7.94. The number of hydrogen-bond donors (Lipinski definition) is 0. The van der Waals surface area contributed by atoms with Crippen molar-refractivity contribution in [2.75, 3.05) is 0 Å². The van der Waals surface area contributed by atoms with Crippen molar-refractivity contribution in [3.8, 4) is 50.7 Å². The lowest BCUT2D eigenvalue weighted by molar-refractivity contribution is 1.04. The number of nitrogens with zero attached hydrogens (tertiary/aromatic N) is 4. The number of benzene rings is 6. The van der Waals surface area contributed by atoms with Crippen LogP contribution in [0.3, 0.4) is 0 Å². The van der Waals surface area contributed by atoms with Gasteiger partial charge in [-0.1, -0.05) is 159 Å². The lowest BCUT2D eigenvalue weighted by Crippen LogP contribution is -2.05. The summed E-state index contributed by atoms with van der Waals surface area (Å²) in [6.07, 6.45) is 5.35. The molecule has 8 rings (SSSR count). The Morgan fingerprint density at radius 1 is 0.490 bits per heavy atom. The first-order valence-electron chi connectivity index (χ1n) is 16.3. The number of hydrogen-bond acceptors (Lipinski definition) is 3. The minimum absolute atomic E-state index is 0.535. The van der Waals surface area contributed by atoms with Crippen molar-refractivity contribution in [3.05, 3.63) is 189 Å². The predicted octanol–water partition coefficient (Wildman–Crippen LogP) is 11.4. The van der Waals surface area contributed by atoms with Gasteiger partial charge in [0.2, 0.25) is 0 Å².